The Hall–Kier alpha value is -0.830. The first kappa shape index (κ1) is 8.75. The van der Waals surface area contributed by atoms with Crippen LogP contribution in [0.4, 0.5) is 0 Å². The Bertz CT molecular complexity index is 290. The van der Waals surface area contributed by atoms with Gasteiger partial charge in [-0.3, -0.25) is 0 Å². The fourth-order valence-electron chi connectivity index (χ4n) is 2.01. The molecule has 0 amide bonds. The average Bonchev–Trinajstić information content (AvgIpc) is 2.50. The van der Waals surface area contributed by atoms with Gasteiger partial charge in [0.1, 0.15) is 0 Å². The highest BCUT2D eigenvalue weighted by atomic mass is 15.1. The average molecular weight is 179 g/mol. The molecule has 1 aromatic rings. The Balaban J connectivity index is 2.24. The molecular formula is C10H17N3. The summed E-state index contributed by atoms with van der Waals surface area (Å²) < 4.78 is 2.25. The van der Waals surface area contributed by atoms with Crippen molar-refractivity contribution in [3.63, 3.8) is 0 Å². The van der Waals surface area contributed by atoms with Crippen LogP contribution >= 0.6 is 0 Å². The van der Waals surface area contributed by atoms with Gasteiger partial charge in [0.2, 0.25) is 0 Å². The molecule has 1 aliphatic carbocycles. The van der Waals surface area contributed by atoms with Crippen molar-refractivity contribution in [2.45, 2.75) is 38.8 Å². The summed E-state index contributed by atoms with van der Waals surface area (Å²) in [5, 5.41) is 0. The molecule has 13 heavy (non-hydrogen) atoms. The lowest BCUT2D eigenvalue weighted by Crippen LogP contribution is -2.28. The molecule has 0 spiro atoms. The van der Waals surface area contributed by atoms with Crippen LogP contribution < -0.4 is 5.73 Å². The van der Waals surface area contributed by atoms with E-state index in [0.29, 0.717) is 6.04 Å². The van der Waals surface area contributed by atoms with Gasteiger partial charge in [-0.2, -0.15) is 0 Å². The topological polar surface area (TPSA) is 43.8 Å². The van der Waals surface area contributed by atoms with E-state index in [1.54, 1.807) is 0 Å². The number of nitrogens with two attached hydrogens (primary N) is 1. The predicted octanol–water partition coefficient (Wildman–Crippen LogP) is 1.87. The lowest BCUT2D eigenvalue weighted by Gasteiger charge is -2.36. The van der Waals surface area contributed by atoms with Gasteiger partial charge in [0, 0.05) is 18.3 Å². The zero-order valence-electron chi connectivity index (χ0n) is 8.27. The van der Waals surface area contributed by atoms with E-state index in [-0.39, 0.29) is 6.04 Å². The van der Waals surface area contributed by atoms with E-state index < -0.39 is 0 Å². The van der Waals surface area contributed by atoms with Crippen LogP contribution in [0.2, 0.25) is 0 Å². The second-order valence-corrected chi connectivity index (χ2v) is 4.14. The van der Waals surface area contributed by atoms with Gasteiger partial charge in [-0.1, -0.05) is 6.92 Å². The van der Waals surface area contributed by atoms with E-state index in [1.165, 1.54) is 12.8 Å². The summed E-state index contributed by atoms with van der Waals surface area (Å²) in [4.78, 5) is 4.16. The SMILES string of the molecule is CC1CCC1n1cncc1[C@@H](C)N. The van der Waals surface area contributed by atoms with Crippen molar-refractivity contribution in [1.29, 1.82) is 0 Å². The van der Waals surface area contributed by atoms with Crippen molar-refractivity contribution in [2.24, 2.45) is 11.7 Å². The largest absolute Gasteiger partial charge is 0.330 e. The number of imidazole rings is 1. The summed E-state index contributed by atoms with van der Waals surface area (Å²) in [6, 6.07) is 0.735. The minimum absolute atomic E-state index is 0.0929. The summed E-state index contributed by atoms with van der Waals surface area (Å²) in [5.41, 5.74) is 7.02. The molecule has 0 saturated heterocycles. The number of hydrogen-bond acceptors (Lipinski definition) is 2. The summed E-state index contributed by atoms with van der Waals surface area (Å²) in [6.45, 7) is 4.30. The van der Waals surface area contributed by atoms with Crippen LogP contribution in [0, 0.1) is 5.92 Å². The number of aromatic nitrogens is 2. The van der Waals surface area contributed by atoms with Gasteiger partial charge >= 0.3 is 0 Å². The summed E-state index contributed by atoms with van der Waals surface area (Å²) >= 11 is 0. The second kappa shape index (κ2) is 3.14. The van der Waals surface area contributed by atoms with Gasteiger partial charge in [0.25, 0.3) is 0 Å². The van der Waals surface area contributed by atoms with Crippen LogP contribution in [0.5, 0.6) is 0 Å². The quantitative estimate of drug-likeness (QED) is 0.753. The van der Waals surface area contributed by atoms with Crippen LogP contribution in [0.15, 0.2) is 12.5 Å². The minimum atomic E-state index is 0.0929. The van der Waals surface area contributed by atoms with Gasteiger partial charge < -0.3 is 10.3 Å². The third-order valence-electron chi connectivity index (χ3n) is 3.09. The van der Waals surface area contributed by atoms with Gasteiger partial charge in [0.15, 0.2) is 0 Å². The van der Waals surface area contributed by atoms with Crippen LogP contribution in [0.3, 0.4) is 0 Å². The molecule has 1 heterocycles. The Morgan fingerprint density at radius 3 is 2.85 bits per heavy atom. The highest BCUT2D eigenvalue weighted by Gasteiger charge is 2.29. The Kier molecular flexibility index (Phi) is 2.12. The van der Waals surface area contributed by atoms with E-state index in [4.69, 9.17) is 5.73 Å². The molecule has 72 valence electrons. The molecule has 1 fully saturated rings. The molecule has 3 heteroatoms. The maximum absolute atomic E-state index is 5.86. The number of rotatable bonds is 2. The molecule has 1 aromatic heterocycles. The van der Waals surface area contributed by atoms with Crippen LogP contribution in [0.1, 0.15) is 44.5 Å². The fraction of sp³-hybridized carbons (Fsp3) is 0.700. The van der Waals surface area contributed by atoms with Gasteiger partial charge in [-0.25, -0.2) is 4.98 Å². The maximum atomic E-state index is 5.86. The molecule has 1 saturated carbocycles. The fourth-order valence-corrected chi connectivity index (χ4v) is 2.01. The van der Waals surface area contributed by atoms with E-state index in [1.807, 2.05) is 19.4 Å². The molecule has 2 unspecified atom stereocenters. The molecule has 0 bridgehead atoms. The van der Waals surface area contributed by atoms with Crippen LogP contribution in [-0.4, -0.2) is 9.55 Å². The summed E-state index contributed by atoms with van der Waals surface area (Å²) in [7, 11) is 0. The second-order valence-electron chi connectivity index (χ2n) is 4.14. The Labute approximate surface area is 79.0 Å². The highest BCUT2D eigenvalue weighted by Crippen LogP contribution is 2.39. The minimum Gasteiger partial charge on any atom is -0.330 e. The van der Waals surface area contributed by atoms with Gasteiger partial charge in [-0.05, 0) is 25.7 Å². The Morgan fingerprint density at radius 1 is 1.62 bits per heavy atom. The number of hydrogen-bond donors (Lipinski definition) is 1. The van der Waals surface area contributed by atoms with Crippen molar-refractivity contribution in [3.05, 3.63) is 18.2 Å². The Morgan fingerprint density at radius 2 is 2.38 bits per heavy atom. The van der Waals surface area contributed by atoms with E-state index in [2.05, 4.69) is 16.5 Å². The van der Waals surface area contributed by atoms with Crippen molar-refractivity contribution in [3.8, 4) is 0 Å². The maximum Gasteiger partial charge on any atom is 0.0951 e. The first-order valence-electron chi connectivity index (χ1n) is 4.97. The van der Waals surface area contributed by atoms with E-state index in [9.17, 15) is 0 Å². The van der Waals surface area contributed by atoms with Crippen molar-refractivity contribution >= 4 is 0 Å². The van der Waals surface area contributed by atoms with E-state index in [0.717, 1.165) is 11.6 Å². The molecule has 0 aromatic carbocycles. The van der Waals surface area contributed by atoms with Crippen LogP contribution in [0.25, 0.3) is 0 Å². The normalized spacial score (nSPS) is 29.8. The molecule has 2 N–H and O–H groups in total. The monoisotopic (exact) mass is 179 g/mol. The summed E-state index contributed by atoms with van der Waals surface area (Å²) in [6.07, 6.45) is 6.41. The molecule has 2 rings (SSSR count). The molecule has 0 radical (unpaired) electrons. The lowest BCUT2D eigenvalue weighted by molar-refractivity contribution is 0.196. The molecule has 0 aliphatic heterocycles. The first-order valence-corrected chi connectivity index (χ1v) is 4.97. The third kappa shape index (κ3) is 1.37. The van der Waals surface area contributed by atoms with E-state index >= 15 is 0 Å². The van der Waals surface area contributed by atoms with Crippen molar-refractivity contribution in [2.75, 3.05) is 0 Å². The van der Waals surface area contributed by atoms with Crippen molar-refractivity contribution < 1.29 is 0 Å². The number of nitrogens with zero attached hydrogens (tertiary/aromatic N) is 2. The predicted molar refractivity (Wildman–Crippen MR) is 52.3 cm³/mol. The molecule has 1 aliphatic rings. The zero-order valence-corrected chi connectivity index (χ0v) is 8.27. The first-order chi connectivity index (χ1) is 6.20. The molecular weight excluding hydrogens is 162 g/mol. The van der Waals surface area contributed by atoms with Crippen molar-refractivity contribution in [1.82, 2.24) is 9.55 Å². The van der Waals surface area contributed by atoms with Gasteiger partial charge in [-0.15, -0.1) is 0 Å². The molecule has 3 atom stereocenters. The zero-order chi connectivity index (χ0) is 9.42. The smallest absolute Gasteiger partial charge is 0.0951 e. The molecule has 3 nitrogen and oxygen atoms in total. The third-order valence-corrected chi connectivity index (χ3v) is 3.09. The lowest BCUT2D eigenvalue weighted by atomic mass is 9.81. The standard InChI is InChI=1S/C10H17N3/c1-7-3-4-9(7)13-6-12-5-10(13)8(2)11/h5-9H,3-4,11H2,1-2H3/t7?,8-,9?/m1/s1. The highest BCUT2D eigenvalue weighted by molar-refractivity contribution is 5.06. The summed E-state index contributed by atoms with van der Waals surface area (Å²) in [5.74, 6) is 0.784. The van der Waals surface area contributed by atoms with Gasteiger partial charge in [0.05, 0.1) is 12.0 Å². The van der Waals surface area contributed by atoms with Crippen LogP contribution in [-0.2, 0) is 0 Å².